The summed E-state index contributed by atoms with van der Waals surface area (Å²) in [6.45, 7) is 8.53. The van der Waals surface area contributed by atoms with Crippen LogP contribution in [0.15, 0.2) is 18.2 Å². The lowest BCUT2D eigenvalue weighted by Gasteiger charge is -2.43. The number of nitrogens with zero attached hydrogens (tertiary/aromatic N) is 1. The van der Waals surface area contributed by atoms with E-state index in [1.165, 1.54) is 16.8 Å². The molecule has 0 aromatic heterocycles. The molecule has 0 radical (unpaired) electrons. The molecule has 3 heteroatoms. The van der Waals surface area contributed by atoms with E-state index in [0.717, 1.165) is 13.1 Å². The number of rotatable bonds is 2. The second-order valence-corrected chi connectivity index (χ2v) is 4.99. The van der Waals surface area contributed by atoms with Gasteiger partial charge in [-0.2, -0.15) is 0 Å². The quantitative estimate of drug-likeness (QED) is 0.813. The number of aliphatic hydroxyl groups excluding tert-OH is 1. The third kappa shape index (κ3) is 2.31. The highest BCUT2D eigenvalue weighted by molar-refractivity contribution is 5.60. The molecular formula is C14H22N2O. The van der Waals surface area contributed by atoms with Gasteiger partial charge in [-0.15, -0.1) is 0 Å². The van der Waals surface area contributed by atoms with E-state index in [2.05, 4.69) is 49.2 Å². The first-order chi connectivity index (χ1) is 8.15. The Morgan fingerprint density at radius 3 is 2.53 bits per heavy atom. The number of hydrogen-bond donors (Lipinski definition) is 2. The summed E-state index contributed by atoms with van der Waals surface area (Å²) >= 11 is 0. The molecule has 1 aromatic rings. The number of para-hydroxylation sites is 1. The standard InChI is InChI=1S/C14H22N2O/c1-10-5-4-6-11(2)14(10)16-12(3)7-15-8-13(16)9-17/h4-6,12-13,15,17H,7-9H2,1-3H3. The van der Waals surface area contributed by atoms with E-state index in [1.807, 2.05) is 0 Å². The van der Waals surface area contributed by atoms with Crippen molar-refractivity contribution in [2.75, 3.05) is 24.6 Å². The second kappa shape index (κ2) is 5.07. The number of nitrogens with one attached hydrogen (secondary N) is 1. The number of benzene rings is 1. The third-order valence-electron chi connectivity index (χ3n) is 3.60. The zero-order valence-corrected chi connectivity index (χ0v) is 10.9. The average Bonchev–Trinajstić information content (AvgIpc) is 2.30. The maximum atomic E-state index is 9.54. The molecule has 2 unspecified atom stereocenters. The summed E-state index contributed by atoms with van der Waals surface area (Å²) in [6.07, 6.45) is 0. The largest absolute Gasteiger partial charge is 0.394 e. The van der Waals surface area contributed by atoms with E-state index < -0.39 is 0 Å². The summed E-state index contributed by atoms with van der Waals surface area (Å²) < 4.78 is 0. The van der Waals surface area contributed by atoms with Crippen molar-refractivity contribution < 1.29 is 5.11 Å². The van der Waals surface area contributed by atoms with Gasteiger partial charge in [0.1, 0.15) is 0 Å². The number of anilines is 1. The Balaban J connectivity index is 2.41. The SMILES string of the molecule is Cc1cccc(C)c1N1C(C)CNCC1CO. The van der Waals surface area contributed by atoms with Crippen molar-refractivity contribution in [3.63, 3.8) is 0 Å². The van der Waals surface area contributed by atoms with E-state index in [-0.39, 0.29) is 12.6 Å². The van der Waals surface area contributed by atoms with Gasteiger partial charge < -0.3 is 15.3 Å². The fourth-order valence-corrected chi connectivity index (χ4v) is 2.78. The van der Waals surface area contributed by atoms with Crippen molar-refractivity contribution in [2.24, 2.45) is 0 Å². The lowest BCUT2D eigenvalue weighted by Crippen LogP contribution is -2.58. The lowest BCUT2D eigenvalue weighted by atomic mass is 10.0. The van der Waals surface area contributed by atoms with Crippen LogP contribution in [-0.2, 0) is 0 Å². The highest BCUT2D eigenvalue weighted by atomic mass is 16.3. The highest BCUT2D eigenvalue weighted by Gasteiger charge is 2.28. The molecule has 1 aliphatic heterocycles. The van der Waals surface area contributed by atoms with Gasteiger partial charge in [0.05, 0.1) is 12.6 Å². The molecule has 1 aliphatic rings. The Bertz CT molecular complexity index is 372. The normalized spacial score (nSPS) is 25.1. The van der Waals surface area contributed by atoms with E-state index in [4.69, 9.17) is 0 Å². The molecule has 17 heavy (non-hydrogen) atoms. The van der Waals surface area contributed by atoms with Crippen LogP contribution in [0.1, 0.15) is 18.1 Å². The van der Waals surface area contributed by atoms with Crippen LogP contribution >= 0.6 is 0 Å². The monoisotopic (exact) mass is 234 g/mol. The van der Waals surface area contributed by atoms with Crippen LogP contribution in [0.5, 0.6) is 0 Å². The van der Waals surface area contributed by atoms with E-state index in [9.17, 15) is 5.11 Å². The van der Waals surface area contributed by atoms with Gasteiger partial charge in [0, 0.05) is 24.8 Å². The molecule has 2 N–H and O–H groups in total. The lowest BCUT2D eigenvalue weighted by molar-refractivity contribution is 0.235. The minimum absolute atomic E-state index is 0.179. The van der Waals surface area contributed by atoms with Gasteiger partial charge >= 0.3 is 0 Å². The first-order valence-corrected chi connectivity index (χ1v) is 6.31. The first kappa shape index (κ1) is 12.4. The molecule has 2 rings (SSSR count). The van der Waals surface area contributed by atoms with Gasteiger partial charge in [0.25, 0.3) is 0 Å². The van der Waals surface area contributed by atoms with Crippen LogP contribution < -0.4 is 10.2 Å². The molecule has 1 saturated heterocycles. The van der Waals surface area contributed by atoms with E-state index in [1.54, 1.807) is 0 Å². The second-order valence-electron chi connectivity index (χ2n) is 4.99. The Morgan fingerprint density at radius 2 is 1.94 bits per heavy atom. The van der Waals surface area contributed by atoms with Crippen molar-refractivity contribution >= 4 is 5.69 Å². The molecule has 0 amide bonds. The van der Waals surface area contributed by atoms with Crippen molar-refractivity contribution in [3.8, 4) is 0 Å². The van der Waals surface area contributed by atoms with Gasteiger partial charge in [-0.3, -0.25) is 0 Å². The summed E-state index contributed by atoms with van der Waals surface area (Å²) in [7, 11) is 0. The molecule has 1 heterocycles. The number of hydrogen-bond acceptors (Lipinski definition) is 3. The molecule has 0 aliphatic carbocycles. The van der Waals surface area contributed by atoms with E-state index >= 15 is 0 Å². The van der Waals surface area contributed by atoms with Crippen LogP contribution in [0.2, 0.25) is 0 Å². The van der Waals surface area contributed by atoms with Gasteiger partial charge in [-0.1, -0.05) is 18.2 Å². The zero-order chi connectivity index (χ0) is 12.4. The highest BCUT2D eigenvalue weighted by Crippen LogP contribution is 2.29. The van der Waals surface area contributed by atoms with Crippen LogP contribution in [-0.4, -0.2) is 36.9 Å². The van der Waals surface area contributed by atoms with Crippen LogP contribution in [0, 0.1) is 13.8 Å². The number of aryl methyl sites for hydroxylation is 2. The fraction of sp³-hybridized carbons (Fsp3) is 0.571. The number of aliphatic hydroxyl groups is 1. The summed E-state index contributed by atoms with van der Waals surface area (Å²) in [5.41, 5.74) is 3.87. The van der Waals surface area contributed by atoms with E-state index in [0.29, 0.717) is 6.04 Å². The molecule has 1 fully saturated rings. The molecular weight excluding hydrogens is 212 g/mol. The van der Waals surface area contributed by atoms with Crippen molar-refractivity contribution in [1.29, 1.82) is 0 Å². The maximum Gasteiger partial charge on any atom is 0.0649 e. The van der Waals surface area contributed by atoms with Gasteiger partial charge in [0.2, 0.25) is 0 Å². The first-order valence-electron chi connectivity index (χ1n) is 6.31. The molecule has 0 spiro atoms. The summed E-state index contributed by atoms with van der Waals surface area (Å²) in [4.78, 5) is 2.38. The Morgan fingerprint density at radius 1 is 1.29 bits per heavy atom. The minimum Gasteiger partial charge on any atom is -0.394 e. The molecule has 0 bridgehead atoms. The summed E-state index contributed by atoms with van der Waals surface area (Å²) in [5, 5.41) is 12.9. The van der Waals surface area contributed by atoms with Gasteiger partial charge in [-0.25, -0.2) is 0 Å². The number of piperazine rings is 1. The zero-order valence-electron chi connectivity index (χ0n) is 10.9. The van der Waals surface area contributed by atoms with Crippen LogP contribution in [0.25, 0.3) is 0 Å². The smallest absolute Gasteiger partial charge is 0.0649 e. The minimum atomic E-state index is 0.179. The Hall–Kier alpha value is -1.06. The average molecular weight is 234 g/mol. The van der Waals surface area contributed by atoms with Crippen molar-refractivity contribution in [1.82, 2.24) is 5.32 Å². The molecule has 3 nitrogen and oxygen atoms in total. The van der Waals surface area contributed by atoms with Gasteiger partial charge in [0.15, 0.2) is 0 Å². The molecule has 94 valence electrons. The fourth-order valence-electron chi connectivity index (χ4n) is 2.78. The predicted octanol–water partition coefficient (Wildman–Crippen LogP) is 1.46. The van der Waals surface area contributed by atoms with Gasteiger partial charge in [-0.05, 0) is 31.9 Å². The Kier molecular flexibility index (Phi) is 3.69. The van der Waals surface area contributed by atoms with Crippen LogP contribution in [0.4, 0.5) is 5.69 Å². The summed E-state index contributed by atoms with van der Waals surface area (Å²) in [5.74, 6) is 0. The molecule has 2 atom stereocenters. The van der Waals surface area contributed by atoms with Crippen LogP contribution in [0.3, 0.4) is 0 Å². The topological polar surface area (TPSA) is 35.5 Å². The maximum absolute atomic E-state index is 9.54. The van der Waals surface area contributed by atoms with Crippen molar-refractivity contribution in [2.45, 2.75) is 32.9 Å². The predicted molar refractivity (Wildman–Crippen MR) is 71.6 cm³/mol. The third-order valence-corrected chi connectivity index (χ3v) is 3.60. The summed E-state index contributed by atoms with van der Waals surface area (Å²) in [6, 6.07) is 6.98. The molecule has 1 aromatic carbocycles. The Labute approximate surface area is 103 Å². The van der Waals surface area contributed by atoms with Crippen molar-refractivity contribution in [3.05, 3.63) is 29.3 Å². The molecule has 0 saturated carbocycles.